The fraction of sp³-hybridized carbons (Fsp3) is 0.474. The lowest BCUT2D eigenvalue weighted by Gasteiger charge is -2.33. The number of carbonyl (C=O) groups is 1. The van der Waals surface area contributed by atoms with Crippen LogP contribution < -0.4 is 20.1 Å². The summed E-state index contributed by atoms with van der Waals surface area (Å²) in [5.41, 5.74) is 0.593. The minimum Gasteiger partial charge on any atom is -0.454 e. The zero-order chi connectivity index (χ0) is 20.8. The van der Waals surface area contributed by atoms with Crippen LogP contribution in [0.25, 0.3) is 0 Å². The zero-order valence-corrected chi connectivity index (χ0v) is 15.9. The first-order valence-electron chi connectivity index (χ1n) is 9.39. The Balaban J connectivity index is 1.65. The van der Waals surface area contributed by atoms with Gasteiger partial charge < -0.3 is 20.1 Å². The summed E-state index contributed by atoms with van der Waals surface area (Å²) in [6.07, 6.45) is -4.07. The number of carbonyl (C=O) groups excluding carboxylic acids is 1. The SMILES string of the molecule is CC[C@H](C)NC(=O)c1cc2n(n1)[C@H](C(F)(F)F)C[C@H](c1ccc3c(c1)OCO3)N2. The number of nitrogens with zero attached hydrogens (tertiary/aromatic N) is 2. The molecular formula is C19H21F3N4O3. The van der Waals surface area contributed by atoms with Crippen molar-refractivity contribution in [1.82, 2.24) is 15.1 Å². The van der Waals surface area contributed by atoms with Crippen LogP contribution in [0.5, 0.6) is 11.5 Å². The van der Waals surface area contributed by atoms with E-state index in [1.165, 1.54) is 6.07 Å². The van der Waals surface area contributed by atoms with Crippen LogP contribution in [0.15, 0.2) is 24.3 Å². The van der Waals surface area contributed by atoms with E-state index in [1.807, 2.05) is 13.8 Å². The van der Waals surface area contributed by atoms with Crippen molar-refractivity contribution in [3.05, 3.63) is 35.5 Å². The molecule has 2 aromatic rings. The third-order valence-electron chi connectivity index (χ3n) is 5.21. The van der Waals surface area contributed by atoms with Gasteiger partial charge in [-0.2, -0.15) is 18.3 Å². The summed E-state index contributed by atoms with van der Waals surface area (Å²) < 4.78 is 52.8. The standard InChI is InChI=1S/C19H21F3N4O3/c1-3-10(2)23-18(27)13-8-17-24-12(7-16(19(20,21)22)26(17)25-13)11-4-5-14-15(6-11)29-9-28-14/h4-6,8,10,12,16,24H,3,7,9H2,1-2H3,(H,23,27)/t10-,12+,16-/m0/s1. The molecule has 0 radical (unpaired) electrons. The van der Waals surface area contributed by atoms with Crippen LogP contribution in [0, 0.1) is 0 Å². The molecule has 1 aromatic heterocycles. The van der Waals surface area contributed by atoms with Gasteiger partial charge in [-0.25, -0.2) is 4.68 Å². The molecule has 0 fully saturated rings. The van der Waals surface area contributed by atoms with Crippen molar-refractivity contribution in [3.63, 3.8) is 0 Å². The first-order valence-corrected chi connectivity index (χ1v) is 9.39. The van der Waals surface area contributed by atoms with Crippen molar-refractivity contribution in [1.29, 1.82) is 0 Å². The van der Waals surface area contributed by atoms with Crippen molar-refractivity contribution in [2.75, 3.05) is 12.1 Å². The van der Waals surface area contributed by atoms with Crippen LogP contribution in [-0.2, 0) is 0 Å². The molecule has 1 amide bonds. The average Bonchev–Trinajstić information content (AvgIpc) is 3.32. The molecule has 4 rings (SSSR count). The number of benzene rings is 1. The van der Waals surface area contributed by atoms with Crippen molar-refractivity contribution in [3.8, 4) is 11.5 Å². The van der Waals surface area contributed by atoms with Gasteiger partial charge in [-0.15, -0.1) is 0 Å². The predicted octanol–water partition coefficient (Wildman–Crippen LogP) is 3.80. The number of hydrogen-bond donors (Lipinski definition) is 2. The number of halogens is 3. The molecule has 0 saturated carbocycles. The number of rotatable bonds is 4. The lowest BCUT2D eigenvalue weighted by molar-refractivity contribution is -0.173. The molecule has 29 heavy (non-hydrogen) atoms. The fourth-order valence-corrected chi connectivity index (χ4v) is 3.43. The molecular weight excluding hydrogens is 389 g/mol. The topological polar surface area (TPSA) is 77.4 Å². The van der Waals surface area contributed by atoms with E-state index in [9.17, 15) is 18.0 Å². The molecule has 3 heterocycles. The van der Waals surface area contributed by atoms with Gasteiger partial charge in [0.25, 0.3) is 5.91 Å². The molecule has 0 spiro atoms. The molecule has 0 unspecified atom stereocenters. The number of fused-ring (bicyclic) bond motifs is 2. The zero-order valence-electron chi connectivity index (χ0n) is 15.9. The number of ether oxygens (including phenoxy) is 2. The summed E-state index contributed by atoms with van der Waals surface area (Å²) in [6.45, 7) is 3.81. The molecule has 2 aliphatic rings. The van der Waals surface area contributed by atoms with Gasteiger partial charge in [0.15, 0.2) is 23.2 Å². The number of hydrogen-bond acceptors (Lipinski definition) is 5. The lowest BCUT2D eigenvalue weighted by Crippen LogP contribution is -2.36. The monoisotopic (exact) mass is 410 g/mol. The number of anilines is 1. The quantitative estimate of drug-likeness (QED) is 0.802. The third kappa shape index (κ3) is 3.70. The van der Waals surface area contributed by atoms with Crippen LogP contribution in [0.3, 0.4) is 0 Å². The van der Waals surface area contributed by atoms with Gasteiger partial charge in [-0.1, -0.05) is 13.0 Å². The van der Waals surface area contributed by atoms with Gasteiger partial charge in [0, 0.05) is 18.5 Å². The molecule has 156 valence electrons. The van der Waals surface area contributed by atoms with Crippen molar-refractivity contribution in [2.24, 2.45) is 0 Å². The second-order valence-electron chi connectivity index (χ2n) is 7.24. The number of nitrogens with one attached hydrogen (secondary N) is 2. The molecule has 2 N–H and O–H groups in total. The molecule has 10 heteroatoms. The van der Waals surface area contributed by atoms with E-state index in [0.29, 0.717) is 23.5 Å². The molecule has 3 atom stereocenters. The Kier molecular flexibility index (Phi) is 4.79. The molecule has 0 saturated heterocycles. The lowest BCUT2D eigenvalue weighted by atomic mass is 9.96. The smallest absolute Gasteiger partial charge is 0.410 e. The summed E-state index contributed by atoms with van der Waals surface area (Å²) in [4.78, 5) is 12.3. The summed E-state index contributed by atoms with van der Waals surface area (Å²) >= 11 is 0. The van der Waals surface area contributed by atoms with Gasteiger partial charge in [-0.3, -0.25) is 4.79 Å². The van der Waals surface area contributed by atoms with Gasteiger partial charge in [0.05, 0.1) is 6.04 Å². The highest BCUT2D eigenvalue weighted by Gasteiger charge is 2.47. The average molecular weight is 410 g/mol. The number of aromatic nitrogens is 2. The van der Waals surface area contributed by atoms with Gasteiger partial charge in [0.2, 0.25) is 6.79 Å². The van der Waals surface area contributed by atoms with E-state index in [-0.39, 0.29) is 30.8 Å². The Labute approximate surface area is 165 Å². The first-order chi connectivity index (χ1) is 13.8. The maximum atomic E-state index is 13.8. The van der Waals surface area contributed by atoms with Gasteiger partial charge in [-0.05, 0) is 31.0 Å². The highest BCUT2D eigenvalue weighted by molar-refractivity contribution is 5.93. The molecule has 0 bridgehead atoms. The second kappa shape index (κ2) is 7.16. The largest absolute Gasteiger partial charge is 0.454 e. The van der Waals surface area contributed by atoms with Crippen LogP contribution >= 0.6 is 0 Å². The van der Waals surface area contributed by atoms with Crippen LogP contribution in [-0.4, -0.2) is 34.7 Å². The van der Waals surface area contributed by atoms with E-state index in [4.69, 9.17) is 9.47 Å². The molecule has 7 nitrogen and oxygen atoms in total. The summed E-state index contributed by atoms with van der Waals surface area (Å²) in [5.74, 6) is 0.714. The van der Waals surface area contributed by atoms with E-state index < -0.39 is 24.2 Å². The van der Waals surface area contributed by atoms with Gasteiger partial charge in [0.1, 0.15) is 5.82 Å². The van der Waals surface area contributed by atoms with Crippen molar-refractivity contribution in [2.45, 2.75) is 51.0 Å². The summed E-state index contributed by atoms with van der Waals surface area (Å²) in [5, 5.41) is 9.75. The summed E-state index contributed by atoms with van der Waals surface area (Å²) in [6, 6.07) is 3.85. The Morgan fingerprint density at radius 1 is 1.34 bits per heavy atom. The normalized spacial score (nSPS) is 21.3. The maximum Gasteiger partial charge on any atom is 0.410 e. The maximum absolute atomic E-state index is 13.8. The predicted molar refractivity (Wildman–Crippen MR) is 98.1 cm³/mol. The second-order valence-corrected chi connectivity index (χ2v) is 7.24. The minimum absolute atomic E-state index is 0.0478. The Hall–Kier alpha value is -2.91. The molecule has 2 aliphatic heterocycles. The van der Waals surface area contributed by atoms with Gasteiger partial charge >= 0.3 is 6.18 Å². The van der Waals surface area contributed by atoms with E-state index in [0.717, 1.165) is 4.68 Å². The Morgan fingerprint density at radius 3 is 2.83 bits per heavy atom. The molecule has 1 aromatic carbocycles. The van der Waals surface area contributed by atoms with Crippen molar-refractivity contribution >= 4 is 11.7 Å². The fourth-order valence-electron chi connectivity index (χ4n) is 3.43. The van der Waals surface area contributed by atoms with E-state index >= 15 is 0 Å². The van der Waals surface area contributed by atoms with Crippen LogP contribution in [0.4, 0.5) is 19.0 Å². The van der Waals surface area contributed by atoms with Crippen molar-refractivity contribution < 1.29 is 27.4 Å². The highest BCUT2D eigenvalue weighted by atomic mass is 19.4. The number of amides is 1. The third-order valence-corrected chi connectivity index (χ3v) is 5.21. The highest BCUT2D eigenvalue weighted by Crippen LogP contribution is 2.45. The Morgan fingerprint density at radius 2 is 2.10 bits per heavy atom. The van der Waals surface area contributed by atoms with Crippen LogP contribution in [0.1, 0.15) is 54.8 Å². The Bertz CT molecular complexity index is 928. The minimum atomic E-state index is -4.51. The van der Waals surface area contributed by atoms with E-state index in [2.05, 4.69) is 15.7 Å². The molecule has 0 aliphatic carbocycles. The van der Waals surface area contributed by atoms with Crippen LogP contribution in [0.2, 0.25) is 0 Å². The first kappa shape index (κ1) is 19.4. The van der Waals surface area contributed by atoms with E-state index in [1.54, 1.807) is 18.2 Å². The summed E-state index contributed by atoms with van der Waals surface area (Å²) in [7, 11) is 0. The number of alkyl halides is 3.